The Balaban J connectivity index is 1.06. The highest BCUT2D eigenvalue weighted by molar-refractivity contribution is 5.78. The highest BCUT2D eigenvalue weighted by atomic mass is 19.4. The Labute approximate surface area is 218 Å². The van der Waals surface area contributed by atoms with Crippen molar-refractivity contribution < 1.29 is 22.4 Å². The molecule has 3 heterocycles. The van der Waals surface area contributed by atoms with E-state index in [1.807, 2.05) is 48.7 Å². The summed E-state index contributed by atoms with van der Waals surface area (Å²) in [6.07, 6.45) is -0.712. The van der Waals surface area contributed by atoms with Crippen molar-refractivity contribution in [1.82, 2.24) is 24.9 Å². The maximum atomic E-state index is 13.0. The number of halogens is 3. The van der Waals surface area contributed by atoms with Gasteiger partial charge < -0.3 is 9.73 Å². The van der Waals surface area contributed by atoms with Crippen LogP contribution in [0.25, 0.3) is 17.1 Å². The number of nitrogens with one attached hydrogen (secondary N) is 1. The molecule has 5 rings (SSSR count). The Morgan fingerprint density at radius 1 is 0.921 bits per heavy atom. The van der Waals surface area contributed by atoms with E-state index in [0.29, 0.717) is 43.3 Å². The summed E-state index contributed by atoms with van der Waals surface area (Å²) in [4.78, 5) is 16.8. The zero-order chi connectivity index (χ0) is 26.5. The number of hydrogen-bond donors (Lipinski definition) is 1. The van der Waals surface area contributed by atoms with Gasteiger partial charge in [-0.15, -0.1) is 0 Å². The topological polar surface area (TPSA) is 66.5 Å². The van der Waals surface area contributed by atoms with Crippen LogP contribution in [0.3, 0.4) is 0 Å². The molecule has 38 heavy (non-hydrogen) atoms. The van der Waals surface area contributed by atoms with Gasteiger partial charge in [0, 0.05) is 44.5 Å². The van der Waals surface area contributed by atoms with Crippen molar-refractivity contribution in [3.8, 4) is 17.1 Å². The lowest BCUT2D eigenvalue weighted by molar-refractivity contribution is -0.137. The number of aromatic nitrogens is 2. The lowest BCUT2D eigenvalue weighted by atomic mass is 10.1. The van der Waals surface area contributed by atoms with Gasteiger partial charge in [-0.2, -0.15) is 18.3 Å². The van der Waals surface area contributed by atoms with Crippen LogP contribution in [-0.4, -0.2) is 58.3 Å². The van der Waals surface area contributed by atoms with Crippen molar-refractivity contribution in [2.45, 2.75) is 19.1 Å². The van der Waals surface area contributed by atoms with Crippen molar-refractivity contribution in [2.24, 2.45) is 0 Å². The molecule has 1 aliphatic rings. The van der Waals surface area contributed by atoms with Crippen LogP contribution in [0.5, 0.6) is 0 Å². The molecular weight excluding hydrogens is 495 g/mol. The molecule has 7 nitrogen and oxygen atoms in total. The van der Waals surface area contributed by atoms with Crippen molar-refractivity contribution >= 4 is 5.91 Å². The normalized spacial score (nSPS) is 15.0. The van der Waals surface area contributed by atoms with E-state index in [-0.39, 0.29) is 12.3 Å². The standard InChI is InChI=1S/C28H28F3N5O2/c29-28(30,31)23-6-4-5-21(15-23)18-34-11-13-35(14-12-34)20-32-27(37)17-22-16-26(38-19-22)25-9-10-36(33-25)24-7-2-1-3-8-24/h1-10,15-16,19H,11-14,17-18,20H2,(H,32,37). The number of amides is 1. The van der Waals surface area contributed by atoms with Crippen LogP contribution in [0.15, 0.2) is 83.6 Å². The first-order valence-electron chi connectivity index (χ1n) is 12.4. The van der Waals surface area contributed by atoms with Gasteiger partial charge in [-0.25, -0.2) is 4.68 Å². The number of furan rings is 1. The number of benzene rings is 2. The van der Waals surface area contributed by atoms with E-state index in [1.54, 1.807) is 17.0 Å². The number of rotatable bonds is 8. The average molecular weight is 524 g/mol. The van der Waals surface area contributed by atoms with Crippen LogP contribution in [0, 0.1) is 0 Å². The number of carbonyl (C=O) groups excluding carboxylic acids is 1. The van der Waals surface area contributed by atoms with Gasteiger partial charge in [-0.1, -0.05) is 36.4 Å². The smallest absolute Gasteiger partial charge is 0.416 e. The molecule has 0 unspecified atom stereocenters. The monoisotopic (exact) mass is 523 g/mol. The molecule has 198 valence electrons. The third-order valence-corrected chi connectivity index (χ3v) is 6.51. The Bertz CT molecular complexity index is 1360. The Morgan fingerprint density at radius 2 is 1.68 bits per heavy atom. The molecule has 2 aromatic carbocycles. The largest absolute Gasteiger partial charge is 0.462 e. The first-order valence-corrected chi connectivity index (χ1v) is 12.4. The summed E-state index contributed by atoms with van der Waals surface area (Å²) in [5.74, 6) is 0.484. The second kappa shape index (κ2) is 11.2. The number of carbonyl (C=O) groups is 1. The van der Waals surface area contributed by atoms with Gasteiger partial charge in [0.2, 0.25) is 5.91 Å². The van der Waals surface area contributed by atoms with Crippen LogP contribution in [-0.2, 0) is 23.9 Å². The number of para-hydroxylation sites is 1. The molecule has 0 bridgehead atoms. The first kappa shape index (κ1) is 25.7. The second-order valence-electron chi connectivity index (χ2n) is 9.33. The molecule has 0 atom stereocenters. The third-order valence-electron chi connectivity index (χ3n) is 6.51. The van der Waals surface area contributed by atoms with Crippen molar-refractivity contribution in [3.05, 3.63) is 95.9 Å². The molecule has 1 N–H and O–H groups in total. The fraction of sp³-hybridized carbons (Fsp3) is 0.286. The van der Waals surface area contributed by atoms with E-state index >= 15 is 0 Å². The summed E-state index contributed by atoms with van der Waals surface area (Å²) < 4.78 is 46.3. The predicted octanol–water partition coefficient (Wildman–Crippen LogP) is 4.59. The Morgan fingerprint density at radius 3 is 2.45 bits per heavy atom. The summed E-state index contributed by atoms with van der Waals surface area (Å²) in [5.41, 5.74) is 2.42. The maximum Gasteiger partial charge on any atom is 0.416 e. The van der Waals surface area contributed by atoms with Gasteiger partial charge in [0.05, 0.1) is 30.6 Å². The van der Waals surface area contributed by atoms with Gasteiger partial charge in [0.25, 0.3) is 0 Å². The third kappa shape index (κ3) is 6.51. The molecule has 1 saturated heterocycles. The number of alkyl halides is 3. The molecule has 1 aliphatic heterocycles. The van der Waals surface area contributed by atoms with Crippen molar-refractivity contribution in [1.29, 1.82) is 0 Å². The average Bonchev–Trinajstić information content (AvgIpc) is 3.59. The van der Waals surface area contributed by atoms with Gasteiger partial charge in [0.15, 0.2) is 5.76 Å². The molecule has 0 radical (unpaired) electrons. The maximum absolute atomic E-state index is 13.0. The summed E-state index contributed by atoms with van der Waals surface area (Å²) >= 11 is 0. The van der Waals surface area contributed by atoms with E-state index in [2.05, 4.69) is 20.2 Å². The fourth-order valence-corrected chi connectivity index (χ4v) is 4.44. The zero-order valence-corrected chi connectivity index (χ0v) is 20.7. The molecule has 4 aromatic rings. The Hall–Kier alpha value is -3.89. The summed E-state index contributed by atoms with van der Waals surface area (Å²) in [7, 11) is 0. The molecule has 0 saturated carbocycles. The second-order valence-corrected chi connectivity index (χ2v) is 9.33. The quantitative estimate of drug-likeness (QED) is 0.366. The van der Waals surface area contributed by atoms with Gasteiger partial charge >= 0.3 is 6.18 Å². The van der Waals surface area contributed by atoms with Gasteiger partial charge in [-0.3, -0.25) is 14.6 Å². The number of piperazine rings is 1. The molecule has 2 aromatic heterocycles. The van der Waals surface area contributed by atoms with E-state index in [4.69, 9.17) is 4.42 Å². The fourth-order valence-electron chi connectivity index (χ4n) is 4.44. The molecule has 1 amide bonds. The minimum Gasteiger partial charge on any atom is -0.462 e. The van der Waals surface area contributed by atoms with Crippen LogP contribution in [0.2, 0.25) is 0 Å². The van der Waals surface area contributed by atoms with E-state index in [9.17, 15) is 18.0 Å². The highest BCUT2D eigenvalue weighted by Crippen LogP contribution is 2.30. The minimum atomic E-state index is -4.34. The lowest BCUT2D eigenvalue weighted by Gasteiger charge is -2.34. The minimum absolute atomic E-state index is 0.112. The zero-order valence-electron chi connectivity index (χ0n) is 20.7. The van der Waals surface area contributed by atoms with Crippen LogP contribution in [0.1, 0.15) is 16.7 Å². The molecule has 10 heteroatoms. The van der Waals surface area contributed by atoms with Crippen molar-refractivity contribution in [2.75, 3.05) is 32.8 Å². The van der Waals surface area contributed by atoms with Gasteiger partial charge in [-0.05, 0) is 35.9 Å². The first-order chi connectivity index (χ1) is 18.3. The van der Waals surface area contributed by atoms with Crippen LogP contribution < -0.4 is 5.32 Å². The Kier molecular flexibility index (Phi) is 7.62. The highest BCUT2D eigenvalue weighted by Gasteiger charge is 2.30. The summed E-state index contributed by atoms with van der Waals surface area (Å²) in [6.45, 7) is 3.76. The van der Waals surface area contributed by atoms with Gasteiger partial charge in [0.1, 0.15) is 5.69 Å². The lowest BCUT2D eigenvalue weighted by Crippen LogP contribution is -2.49. The summed E-state index contributed by atoms with van der Waals surface area (Å²) in [5, 5.41) is 7.50. The van der Waals surface area contributed by atoms with E-state index in [1.165, 1.54) is 12.1 Å². The SMILES string of the molecule is O=C(Cc1coc(-c2ccn(-c3ccccc3)n2)c1)NCN1CCN(Cc2cccc(C(F)(F)F)c2)CC1. The molecule has 0 spiro atoms. The molecule has 1 fully saturated rings. The van der Waals surface area contributed by atoms with Crippen LogP contribution in [0.4, 0.5) is 13.2 Å². The number of hydrogen-bond acceptors (Lipinski definition) is 5. The molecule has 0 aliphatic carbocycles. The van der Waals surface area contributed by atoms with E-state index < -0.39 is 11.7 Å². The van der Waals surface area contributed by atoms with E-state index in [0.717, 1.165) is 30.4 Å². The molecular formula is C28H28F3N5O2. The van der Waals surface area contributed by atoms with Crippen LogP contribution >= 0.6 is 0 Å². The summed E-state index contributed by atoms with van der Waals surface area (Å²) in [6, 6.07) is 18.9. The predicted molar refractivity (Wildman–Crippen MR) is 136 cm³/mol. The van der Waals surface area contributed by atoms with Crippen molar-refractivity contribution in [3.63, 3.8) is 0 Å². The number of nitrogens with zero attached hydrogens (tertiary/aromatic N) is 4.